The summed E-state index contributed by atoms with van der Waals surface area (Å²) in [7, 11) is 2.69. The molecule has 2 amide bonds. The second kappa shape index (κ2) is 8.34. The molecular formula is C17H21N3O6. The maximum absolute atomic E-state index is 12.6. The van der Waals surface area contributed by atoms with Crippen LogP contribution in [0.2, 0.25) is 0 Å². The van der Waals surface area contributed by atoms with E-state index in [2.05, 4.69) is 10.6 Å². The van der Waals surface area contributed by atoms with Gasteiger partial charge in [0.05, 0.1) is 38.6 Å². The van der Waals surface area contributed by atoms with E-state index < -0.39 is 11.9 Å². The Balaban J connectivity index is 2.40. The molecule has 0 atom stereocenters. The highest BCUT2D eigenvalue weighted by molar-refractivity contribution is 6.08. The third kappa shape index (κ3) is 4.12. The van der Waals surface area contributed by atoms with Crippen molar-refractivity contribution < 1.29 is 29.0 Å². The number of methoxy groups -OCH3 is 2. The first-order chi connectivity index (χ1) is 12.4. The van der Waals surface area contributed by atoms with E-state index in [1.165, 1.54) is 26.0 Å². The number of β-amino-alcohol motifs (C(OH)–C–C–N with tert-alkyl or cyclic N) is 1. The van der Waals surface area contributed by atoms with Crippen molar-refractivity contribution in [2.45, 2.75) is 6.92 Å². The number of aliphatic hydroxyl groups excluding tert-OH is 1. The Kier molecular flexibility index (Phi) is 6.18. The van der Waals surface area contributed by atoms with Crippen molar-refractivity contribution in [3.8, 4) is 5.75 Å². The zero-order valence-electron chi connectivity index (χ0n) is 14.8. The highest BCUT2D eigenvalue weighted by Gasteiger charge is 2.34. The lowest BCUT2D eigenvalue weighted by Gasteiger charge is -2.16. The first kappa shape index (κ1) is 19.3. The Morgan fingerprint density at radius 3 is 2.62 bits per heavy atom. The number of ether oxygens (including phenoxy) is 2. The third-order valence-corrected chi connectivity index (χ3v) is 3.73. The van der Waals surface area contributed by atoms with Gasteiger partial charge in [-0.05, 0) is 18.2 Å². The SMILES string of the molecule is COC(=O)C1=C(Nc2cc(NC(C)=O)ccc2OC)C(=O)N(CCO)C1. The summed E-state index contributed by atoms with van der Waals surface area (Å²) in [5.41, 5.74) is 1.09. The van der Waals surface area contributed by atoms with Gasteiger partial charge in [0, 0.05) is 19.2 Å². The molecule has 2 rings (SSSR count). The molecule has 1 aliphatic rings. The number of carbonyl (C=O) groups excluding carboxylic acids is 3. The molecule has 1 aliphatic heterocycles. The number of amides is 2. The van der Waals surface area contributed by atoms with Crippen molar-refractivity contribution in [2.75, 3.05) is 44.5 Å². The molecule has 0 saturated heterocycles. The molecule has 3 N–H and O–H groups in total. The molecule has 0 aliphatic carbocycles. The van der Waals surface area contributed by atoms with Gasteiger partial charge in [-0.1, -0.05) is 0 Å². The molecule has 9 heteroatoms. The molecule has 0 saturated carbocycles. The molecule has 0 fully saturated rings. The van der Waals surface area contributed by atoms with E-state index in [1.54, 1.807) is 18.2 Å². The lowest BCUT2D eigenvalue weighted by Crippen LogP contribution is -2.31. The standard InChI is InChI=1S/C17H21N3O6/c1-10(22)18-11-4-5-14(25-2)13(8-11)19-15-12(17(24)26-3)9-20(6-7-21)16(15)23/h4-5,8,19,21H,6-7,9H2,1-3H3,(H,18,22). The lowest BCUT2D eigenvalue weighted by atomic mass is 10.2. The minimum Gasteiger partial charge on any atom is -0.495 e. The summed E-state index contributed by atoms with van der Waals surface area (Å²) < 4.78 is 10.0. The van der Waals surface area contributed by atoms with Crippen molar-refractivity contribution >= 4 is 29.2 Å². The Hall–Kier alpha value is -3.07. The number of benzene rings is 1. The van der Waals surface area contributed by atoms with E-state index in [0.717, 1.165) is 0 Å². The molecule has 0 unspecified atom stereocenters. The smallest absolute Gasteiger partial charge is 0.337 e. The molecule has 26 heavy (non-hydrogen) atoms. The van der Waals surface area contributed by atoms with Crippen LogP contribution in [-0.4, -0.2) is 61.7 Å². The van der Waals surface area contributed by atoms with E-state index >= 15 is 0 Å². The van der Waals surface area contributed by atoms with Crippen LogP contribution < -0.4 is 15.4 Å². The number of carbonyl (C=O) groups is 3. The van der Waals surface area contributed by atoms with E-state index in [1.807, 2.05) is 0 Å². The largest absolute Gasteiger partial charge is 0.495 e. The summed E-state index contributed by atoms with van der Waals surface area (Å²) in [5, 5.41) is 14.6. The number of nitrogens with one attached hydrogen (secondary N) is 2. The molecule has 9 nitrogen and oxygen atoms in total. The molecule has 0 aromatic heterocycles. The number of hydrogen-bond acceptors (Lipinski definition) is 7. The van der Waals surface area contributed by atoms with Gasteiger partial charge in [-0.2, -0.15) is 0 Å². The first-order valence-corrected chi connectivity index (χ1v) is 7.85. The van der Waals surface area contributed by atoms with Gasteiger partial charge in [-0.25, -0.2) is 4.79 Å². The quantitative estimate of drug-likeness (QED) is 0.598. The average Bonchev–Trinajstić information content (AvgIpc) is 2.91. The van der Waals surface area contributed by atoms with E-state index in [-0.39, 0.29) is 36.9 Å². The predicted molar refractivity (Wildman–Crippen MR) is 93.6 cm³/mol. The first-order valence-electron chi connectivity index (χ1n) is 7.85. The monoisotopic (exact) mass is 363 g/mol. The Morgan fingerprint density at radius 2 is 2.04 bits per heavy atom. The summed E-state index contributed by atoms with van der Waals surface area (Å²) in [6.07, 6.45) is 0. The van der Waals surface area contributed by atoms with Crippen LogP contribution in [0.1, 0.15) is 6.92 Å². The zero-order valence-corrected chi connectivity index (χ0v) is 14.8. The van der Waals surface area contributed by atoms with Crippen LogP contribution in [0.5, 0.6) is 5.75 Å². The van der Waals surface area contributed by atoms with Crippen LogP contribution in [0, 0.1) is 0 Å². The van der Waals surface area contributed by atoms with Gasteiger partial charge in [0.1, 0.15) is 11.4 Å². The van der Waals surface area contributed by atoms with Gasteiger partial charge in [0.15, 0.2) is 0 Å². The van der Waals surface area contributed by atoms with Gasteiger partial charge in [-0.15, -0.1) is 0 Å². The van der Waals surface area contributed by atoms with Crippen LogP contribution >= 0.6 is 0 Å². The molecule has 1 heterocycles. The summed E-state index contributed by atoms with van der Waals surface area (Å²) in [6, 6.07) is 4.86. The van der Waals surface area contributed by atoms with Crippen LogP contribution in [-0.2, 0) is 19.1 Å². The van der Waals surface area contributed by atoms with Crippen molar-refractivity contribution in [1.82, 2.24) is 4.90 Å². The van der Waals surface area contributed by atoms with Gasteiger partial charge in [-0.3, -0.25) is 9.59 Å². The van der Waals surface area contributed by atoms with Gasteiger partial charge in [0.25, 0.3) is 5.91 Å². The highest BCUT2D eigenvalue weighted by Crippen LogP contribution is 2.31. The zero-order chi connectivity index (χ0) is 19.3. The van der Waals surface area contributed by atoms with Crippen molar-refractivity contribution in [3.63, 3.8) is 0 Å². The molecule has 140 valence electrons. The topological polar surface area (TPSA) is 117 Å². The Labute approximate surface area is 150 Å². The Bertz CT molecular complexity index is 759. The van der Waals surface area contributed by atoms with Crippen molar-refractivity contribution in [3.05, 3.63) is 29.5 Å². The lowest BCUT2D eigenvalue weighted by molar-refractivity contribution is -0.136. The fraction of sp³-hybridized carbons (Fsp3) is 0.353. The van der Waals surface area contributed by atoms with E-state index in [4.69, 9.17) is 14.6 Å². The van der Waals surface area contributed by atoms with Crippen molar-refractivity contribution in [2.24, 2.45) is 0 Å². The summed E-state index contributed by atoms with van der Waals surface area (Å²) in [5.74, 6) is -0.907. The summed E-state index contributed by atoms with van der Waals surface area (Å²) >= 11 is 0. The Morgan fingerprint density at radius 1 is 1.31 bits per heavy atom. The fourth-order valence-corrected chi connectivity index (χ4v) is 2.57. The minimum atomic E-state index is -0.640. The second-order valence-corrected chi connectivity index (χ2v) is 5.52. The van der Waals surface area contributed by atoms with E-state index in [9.17, 15) is 14.4 Å². The molecule has 1 aromatic carbocycles. The molecular weight excluding hydrogens is 342 g/mol. The summed E-state index contributed by atoms with van der Waals surface area (Å²) in [6.45, 7) is 1.27. The minimum absolute atomic E-state index is 0.0299. The van der Waals surface area contributed by atoms with Gasteiger partial charge in [0.2, 0.25) is 5.91 Å². The fourth-order valence-electron chi connectivity index (χ4n) is 2.57. The maximum Gasteiger partial charge on any atom is 0.337 e. The second-order valence-electron chi connectivity index (χ2n) is 5.52. The molecule has 0 spiro atoms. The molecule has 0 radical (unpaired) electrons. The third-order valence-electron chi connectivity index (χ3n) is 3.73. The van der Waals surface area contributed by atoms with Crippen LogP contribution in [0.3, 0.4) is 0 Å². The number of nitrogens with zero attached hydrogens (tertiary/aromatic N) is 1. The average molecular weight is 363 g/mol. The highest BCUT2D eigenvalue weighted by atomic mass is 16.5. The summed E-state index contributed by atoms with van der Waals surface area (Å²) in [4.78, 5) is 37.2. The van der Waals surface area contributed by atoms with Crippen LogP contribution in [0.25, 0.3) is 0 Å². The maximum atomic E-state index is 12.6. The predicted octanol–water partition coefficient (Wildman–Crippen LogP) is 0.327. The van der Waals surface area contributed by atoms with Crippen LogP contribution in [0.15, 0.2) is 29.5 Å². The van der Waals surface area contributed by atoms with Crippen molar-refractivity contribution in [1.29, 1.82) is 0 Å². The number of anilines is 2. The molecule has 1 aromatic rings. The normalized spacial score (nSPS) is 13.7. The number of hydrogen-bond donors (Lipinski definition) is 3. The molecule has 0 bridgehead atoms. The van der Waals surface area contributed by atoms with Crippen LogP contribution in [0.4, 0.5) is 11.4 Å². The van der Waals surface area contributed by atoms with Gasteiger partial charge < -0.3 is 30.1 Å². The number of aliphatic hydroxyl groups is 1. The number of esters is 1. The van der Waals surface area contributed by atoms with Gasteiger partial charge >= 0.3 is 5.97 Å². The van der Waals surface area contributed by atoms with E-state index in [0.29, 0.717) is 17.1 Å². The number of rotatable bonds is 7.